The van der Waals surface area contributed by atoms with Gasteiger partial charge in [0, 0.05) is 24.0 Å². The Morgan fingerprint density at radius 1 is 0.639 bits per heavy atom. The zero-order valence-corrected chi connectivity index (χ0v) is 19.2. The Bertz CT molecular complexity index is 1460. The molecule has 3 atom stereocenters. The minimum atomic E-state index is -0.805. The highest BCUT2D eigenvalue weighted by Crippen LogP contribution is 2.49. The number of phenols is 4. The highest BCUT2D eigenvalue weighted by molar-refractivity contribution is 6.06. The monoisotopic (exact) mass is 480 g/mol. The normalized spacial score (nSPS) is 18.8. The SMILES string of the molecule is O=C(c1ccc(O)cc1O)[C@H]1Cc2ccccc2[C@@H](C(=O)c2ccc(O)cc2O)[C@H]1c1ccccc1. The Morgan fingerprint density at radius 2 is 1.19 bits per heavy atom. The topological polar surface area (TPSA) is 115 Å². The standard InChI is InChI=1S/C30H24O6/c31-19-10-12-22(25(33)15-19)29(35)24-14-18-8-4-5-9-21(18)28(27(24)17-6-2-1-3-7-17)30(36)23-13-11-20(32)16-26(23)34/h1-13,15-16,24,27-28,31-34H,14H2/t24-,27-,28+/m0/s1. The molecule has 0 aromatic heterocycles. The second-order valence-corrected chi connectivity index (χ2v) is 9.05. The molecule has 0 saturated carbocycles. The number of hydrogen-bond acceptors (Lipinski definition) is 6. The first kappa shape index (κ1) is 23.2. The first-order valence-corrected chi connectivity index (χ1v) is 11.6. The van der Waals surface area contributed by atoms with Gasteiger partial charge in [-0.1, -0.05) is 54.6 Å². The molecule has 36 heavy (non-hydrogen) atoms. The Hall–Kier alpha value is -4.58. The Kier molecular flexibility index (Phi) is 5.94. The van der Waals surface area contributed by atoms with Crippen LogP contribution in [0.1, 0.15) is 49.2 Å². The van der Waals surface area contributed by atoms with Gasteiger partial charge < -0.3 is 20.4 Å². The zero-order valence-electron chi connectivity index (χ0n) is 19.2. The Balaban J connectivity index is 1.71. The van der Waals surface area contributed by atoms with Crippen molar-refractivity contribution in [1.82, 2.24) is 0 Å². The van der Waals surface area contributed by atoms with Crippen LogP contribution in [-0.2, 0) is 6.42 Å². The molecule has 0 bridgehead atoms. The number of hydrogen-bond donors (Lipinski definition) is 4. The molecule has 0 aliphatic heterocycles. The van der Waals surface area contributed by atoms with Crippen LogP contribution in [0.5, 0.6) is 23.0 Å². The summed E-state index contributed by atoms with van der Waals surface area (Å²) in [4.78, 5) is 28.0. The van der Waals surface area contributed by atoms with E-state index in [2.05, 4.69) is 0 Å². The molecule has 0 heterocycles. The maximum atomic E-state index is 14.1. The highest BCUT2D eigenvalue weighted by Gasteiger charge is 2.45. The average molecular weight is 481 g/mol. The largest absolute Gasteiger partial charge is 0.508 e. The van der Waals surface area contributed by atoms with Gasteiger partial charge in [-0.2, -0.15) is 0 Å². The highest BCUT2D eigenvalue weighted by atomic mass is 16.3. The maximum absolute atomic E-state index is 14.1. The van der Waals surface area contributed by atoms with Crippen molar-refractivity contribution < 1.29 is 30.0 Å². The molecule has 4 aromatic carbocycles. The van der Waals surface area contributed by atoms with Crippen molar-refractivity contribution in [2.24, 2.45) is 5.92 Å². The van der Waals surface area contributed by atoms with Crippen molar-refractivity contribution in [2.45, 2.75) is 18.3 Å². The molecule has 4 N–H and O–H groups in total. The second-order valence-electron chi connectivity index (χ2n) is 9.05. The van der Waals surface area contributed by atoms with E-state index in [4.69, 9.17) is 0 Å². The van der Waals surface area contributed by atoms with Gasteiger partial charge in [0.2, 0.25) is 0 Å². The molecule has 6 nitrogen and oxygen atoms in total. The fourth-order valence-electron chi connectivity index (χ4n) is 5.30. The Labute approximate surface area is 207 Å². The molecular weight excluding hydrogens is 456 g/mol. The molecule has 0 unspecified atom stereocenters. The van der Waals surface area contributed by atoms with Crippen LogP contribution in [0.4, 0.5) is 0 Å². The molecule has 4 aromatic rings. The molecule has 0 radical (unpaired) electrons. The van der Waals surface area contributed by atoms with Crippen LogP contribution in [0.15, 0.2) is 91.0 Å². The first-order chi connectivity index (χ1) is 17.3. The molecule has 0 amide bonds. The van der Waals surface area contributed by atoms with Gasteiger partial charge in [0.1, 0.15) is 23.0 Å². The summed E-state index contributed by atoms with van der Waals surface area (Å²) in [6.07, 6.45) is 0.347. The van der Waals surface area contributed by atoms with Crippen molar-refractivity contribution in [3.8, 4) is 23.0 Å². The van der Waals surface area contributed by atoms with Crippen molar-refractivity contribution in [3.63, 3.8) is 0 Å². The summed E-state index contributed by atoms with van der Waals surface area (Å²) in [6.45, 7) is 0. The number of fused-ring (bicyclic) bond motifs is 1. The number of carbonyl (C=O) groups excluding carboxylic acids is 2. The van der Waals surface area contributed by atoms with Crippen molar-refractivity contribution in [1.29, 1.82) is 0 Å². The third-order valence-electron chi connectivity index (χ3n) is 6.92. The van der Waals surface area contributed by atoms with Gasteiger partial charge in [0.25, 0.3) is 0 Å². The van der Waals surface area contributed by atoms with E-state index < -0.39 is 17.8 Å². The Morgan fingerprint density at radius 3 is 1.81 bits per heavy atom. The number of ketones is 2. The van der Waals surface area contributed by atoms with E-state index >= 15 is 0 Å². The van der Waals surface area contributed by atoms with Crippen LogP contribution >= 0.6 is 0 Å². The number of carbonyl (C=O) groups is 2. The van der Waals surface area contributed by atoms with Crippen LogP contribution in [0.3, 0.4) is 0 Å². The van der Waals surface area contributed by atoms with E-state index in [0.717, 1.165) is 28.8 Å². The van der Waals surface area contributed by atoms with E-state index in [9.17, 15) is 30.0 Å². The fraction of sp³-hybridized carbons (Fsp3) is 0.133. The van der Waals surface area contributed by atoms with Crippen LogP contribution in [0, 0.1) is 5.92 Å². The van der Waals surface area contributed by atoms with Gasteiger partial charge in [-0.25, -0.2) is 0 Å². The van der Waals surface area contributed by atoms with Gasteiger partial charge >= 0.3 is 0 Å². The van der Waals surface area contributed by atoms with E-state index in [0.29, 0.717) is 6.42 Å². The van der Waals surface area contributed by atoms with Gasteiger partial charge in [-0.3, -0.25) is 9.59 Å². The van der Waals surface area contributed by atoms with Crippen LogP contribution < -0.4 is 0 Å². The number of rotatable bonds is 5. The number of aromatic hydroxyl groups is 4. The molecule has 1 aliphatic rings. The molecule has 180 valence electrons. The van der Waals surface area contributed by atoms with Crippen LogP contribution in [-0.4, -0.2) is 32.0 Å². The predicted octanol–water partition coefficient (Wildman–Crippen LogP) is 5.31. The average Bonchev–Trinajstić information content (AvgIpc) is 2.87. The fourth-order valence-corrected chi connectivity index (χ4v) is 5.30. The van der Waals surface area contributed by atoms with E-state index in [1.807, 2.05) is 54.6 Å². The zero-order chi connectivity index (χ0) is 25.4. The summed E-state index contributed by atoms with van der Waals surface area (Å²) in [6, 6.07) is 24.4. The summed E-state index contributed by atoms with van der Waals surface area (Å²) in [5.74, 6) is -3.81. The van der Waals surface area contributed by atoms with Gasteiger partial charge in [-0.15, -0.1) is 0 Å². The van der Waals surface area contributed by atoms with Gasteiger partial charge in [0.05, 0.1) is 17.0 Å². The number of Topliss-reactive ketones (excluding diaryl/α,β-unsaturated/α-hetero) is 2. The second kappa shape index (κ2) is 9.23. The lowest BCUT2D eigenvalue weighted by atomic mass is 9.62. The smallest absolute Gasteiger partial charge is 0.174 e. The summed E-state index contributed by atoms with van der Waals surface area (Å²) in [7, 11) is 0. The maximum Gasteiger partial charge on any atom is 0.174 e. The summed E-state index contributed by atoms with van der Waals surface area (Å²) < 4.78 is 0. The molecule has 0 fully saturated rings. The van der Waals surface area contributed by atoms with Gasteiger partial charge in [-0.05, 0) is 47.4 Å². The molecule has 1 aliphatic carbocycles. The summed E-state index contributed by atoms with van der Waals surface area (Å²) >= 11 is 0. The van der Waals surface area contributed by atoms with E-state index in [1.54, 1.807) is 0 Å². The van der Waals surface area contributed by atoms with Crippen molar-refractivity contribution in [3.05, 3.63) is 119 Å². The summed E-state index contributed by atoms with van der Waals surface area (Å²) in [5, 5.41) is 40.4. The molecule has 0 spiro atoms. The third-order valence-corrected chi connectivity index (χ3v) is 6.92. The number of benzene rings is 4. The van der Waals surface area contributed by atoms with Crippen LogP contribution in [0.2, 0.25) is 0 Å². The molecule has 5 rings (SSSR count). The first-order valence-electron chi connectivity index (χ1n) is 11.6. The molecule has 6 heteroatoms. The van der Waals surface area contributed by atoms with Crippen molar-refractivity contribution >= 4 is 11.6 Å². The lowest BCUT2D eigenvalue weighted by Crippen LogP contribution is -2.37. The number of phenolic OH excluding ortho intramolecular Hbond substituents is 4. The summed E-state index contributed by atoms with van der Waals surface area (Å²) in [5.41, 5.74) is 2.49. The lowest BCUT2D eigenvalue weighted by Gasteiger charge is -2.39. The minimum absolute atomic E-state index is 0.0501. The van der Waals surface area contributed by atoms with E-state index in [1.165, 1.54) is 24.3 Å². The van der Waals surface area contributed by atoms with Gasteiger partial charge in [0.15, 0.2) is 11.6 Å². The van der Waals surface area contributed by atoms with Crippen LogP contribution in [0.25, 0.3) is 0 Å². The molecule has 0 saturated heterocycles. The van der Waals surface area contributed by atoms with Crippen molar-refractivity contribution in [2.75, 3.05) is 0 Å². The molecular formula is C30H24O6. The lowest BCUT2D eigenvalue weighted by molar-refractivity contribution is 0.0840. The third kappa shape index (κ3) is 4.07. The quantitative estimate of drug-likeness (QED) is 0.288. The van der Waals surface area contributed by atoms with E-state index in [-0.39, 0.29) is 45.7 Å². The predicted molar refractivity (Wildman–Crippen MR) is 134 cm³/mol. The minimum Gasteiger partial charge on any atom is -0.508 e.